The zero-order chi connectivity index (χ0) is 25.5. The van der Waals surface area contributed by atoms with E-state index in [0.29, 0.717) is 6.61 Å². The van der Waals surface area contributed by atoms with Gasteiger partial charge in [-0.25, -0.2) is 9.48 Å². The van der Waals surface area contributed by atoms with Crippen molar-refractivity contribution < 1.29 is 19.4 Å². The molecule has 184 valence electrons. The van der Waals surface area contributed by atoms with E-state index in [0.717, 1.165) is 29.1 Å². The van der Waals surface area contributed by atoms with Gasteiger partial charge in [-0.05, 0) is 62.1 Å². The van der Waals surface area contributed by atoms with Crippen molar-refractivity contribution in [3.8, 4) is 5.69 Å². The molecule has 2 aromatic carbocycles. The van der Waals surface area contributed by atoms with Crippen molar-refractivity contribution in [2.75, 3.05) is 13.7 Å². The molecule has 0 spiro atoms. The van der Waals surface area contributed by atoms with Crippen LogP contribution in [0.4, 0.5) is 0 Å². The first-order chi connectivity index (χ1) is 16.7. The highest BCUT2D eigenvalue weighted by Crippen LogP contribution is 2.24. The Morgan fingerprint density at radius 2 is 1.80 bits per heavy atom. The van der Waals surface area contributed by atoms with Gasteiger partial charge in [-0.2, -0.15) is 5.10 Å². The molecule has 0 radical (unpaired) electrons. The number of halogens is 2. The maximum Gasteiger partial charge on any atom is 0.326 e. The number of carboxylic acid groups (broad SMARTS) is 1. The van der Waals surface area contributed by atoms with Crippen LogP contribution >= 0.6 is 23.2 Å². The molecule has 0 bridgehead atoms. The number of ether oxygens (including phenoxy) is 1. The molecule has 0 aliphatic carbocycles. The minimum absolute atomic E-state index is 0.0520. The molecule has 1 atom stereocenters. The van der Waals surface area contributed by atoms with E-state index >= 15 is 0 Å². The Morgan fingerprint density at radius 1 is 1.14 bits per heavy atom. The number of benzene rings is 2. The number of rotatable bonds is 10. The number of methoxy groups -OCH3 is 1. The van der Waals surface area contributed by atoms with Crippen molar-refractivity contribution in [2.45, 2.75) is 32.7 Å². The molecule has 0 saturated heterocycles. The van der Waals surface area contributed by atoms with E-state index in [2.05, 4.69) is 10.4 Å². The number of amides is 1. The fourth-order valence-corrected chi connectivity index (χ4v) is 4.29. The average molecular weight is 516 g/mol. The Balaban J connectivity index is 1.67. The molecule has 0 fully saturated rings. The van der Waals surface area contributed by atoms with E-state index in [1.165, 1.54) is 17.7 Å². The van der Waals surface area contributed by atoms with E-state index in [1.54, 1.807) is 25.3 Å². The summed E-state index contributed by atoms with van der Waals surface area (Å²) < 4.78 is 7.10. The molecule has 7 nitrogen and oxygen atoms in total. The van der Waals surface area contributed by atoms with Gasteiger partial charge in [0.15, 0.2) is 0 Å². The molecular weight excluding hydrogens is 489 g/mol. The zero-order valence-electron chi connectivity index (χ0n) is 19.7. The lowest BCUT2D eigenvalue weighted by atomic mass is 10.1. The van der Waals surface area contributed by atoms with Crippen LogP contribution in [0.2, 0.25) is 10.0 Å². The maximum absolute atomic E-state index is 12.5. The lowest BCUT2D eigenvalue weighted by Gasteiger charge is -2.14. The zero-order valence-corrected chi connectivity index (χ0v) is 21.2. The van der Waals surface area contributed by atoms with Crippen LogP contribution in [0.1, 0.15) is 39.3 Å². The Bertz CT molecular complexity index is 1220. The second kappa shape index (κ2) is 12.0. The van der Waals surface area contributed by atoms with E-state index in [4.69, 9.17) is 27.9 Å². The van der Waals surface area contributed by atoms with Gasteiger partial charge in [-0.3, -0.25) is 4.79 Å². The Labute approximate surface area is 214 Å². The van der Waals surface area contributed by atoms with Gasteiger partial charge in [0.05, 0.1) is 33.6 Å². The van der Waals surface area contributed by atoms with Crippen LogP contribution in [-0.4, -0.2) is 46.5 Å². The van der Waals surface area contributed by atoms with E-state index < -0.39 is 17.9 Å². The van der Waals surface area contributed by atoms with Gasteiger partial charge < -0.3 is 15.2 Å². The van der Waals surface area contributed by atoms with Crippen LogP contribution in [0.3, 0.4) is 0 Å². The van der Waals surface area contributed by atoms with Gasteiger partial charge in [0, 0.05) is 12.8 Å². The number of hydrogen-bond acceptors (Lipinski definition) is 4. The molecule has 3 aromatic rings. The predicted octanol–water partition coefficient (Wildman–Crippen LogP) is 5.27. The number of hydrogen-bond donors (Lipinski definition) is 2. The van der Waals surface area contributed by atoms with Gasteiger partial charge in [0.1, 0.15) is 6.04 Å². The number of aryl methyl sites for hydroxylation is 1. The smallest absolute Gasteiger partial charge is 0.326 e. The van der Waals surface area contributed by atoms with E-state index in [1.807, 2.05) is 42.8 Å². The lowest BCUT2D eigenvalue weighted by Crippen LogP contribution is -2.40. The molecule has 35 heavy (non-hydrogen) atoms. The molecule has 1 aromatic heterocycles. The first-order valence-corrected chi connectivity index (χ1v) is 11.8. The first-order valence-electron chi connectivity index (χ1n) is 11.0. The summed E-state index contributed by atoms with van der Waals surface area (Å²) in [4.78, 5) is 24.2. The summed E-state index contributed by atoms with van der Waals surface area (Å²) in [7, 11) is 1.68. The minimum Gasteiger partial charge on any atom is -0.480 e. The summed E-state index contributed by atoms with van der Waals surface area (Å²) in [6.07, 6.45) is 4.40. The molecule has 0 aliphatic heterocycles. The fraction of sp³-hybridized carbons (Fsp3) is 0.269. The van der Waals surface area contributed by atoms with Crippen molar-refractivity contribution in [2.24, 2.45) is 0 Å². The van der Waals surface area contributed by atoms with Crippen LogP contribution in [0.15, 0.2) is 48.5 Å². The maximum atomic E-state index is 12.5. The molecule has 2 N–H and O–H groups in total. The average Bonchev–Trinajstić information content (AvgIpc) is 3.10. The third kappa shape index (κ3) is 6.51. The van der Waals surface area contributed by atoms with Gasteiger partial charge in [-0.1, -0.05) is 53.6 Å². The largest absolute Gasteiger partial charge is 0.480 e. The third-order valence-corrected chi connectivity index (χ3v) is 6.24. The molecule has 3 rings (SSSR count). The monoisotopic (exact) mass is 515 g/mol. The lowest BCUT2D eigenvalue weighted by molar-refractivity contribution is -0.139. The summed E-state index contributed by atoms with van der Waals surface area (Å²) in [6, 6.07) is 11.3. The number of nitrogens with zero attached hydrogens (tertiary/aromatic N) is 2. The third-order valence-electron chi connectivity index (χ3n) is 5.61. The fourth-order valence-electron chi connectivity index (χ4n) is 3.73. The number of aliphatic carboxylic acids is 1. The highest BCUT2D eigenvalue weighted by atomic mass is 35.5. The summed E-state index contributed by atoms with van der Waals surface area (Å²) in [5.41, 5.74) is 5.09. The topological polar surface area (TPSA) is 93.5 Å². The summed E-state index contributed by atoms with van der Waals surface area (Å²) in [5.74, 6) is -1.80. The summed E-state index contributed by atoms with van der Waals surface area (Å²) in [6.45, 7) is 4.66. The van der Waals surface area contributed by atoms with E-state index in [-0.39, 0.29) is 22.0 Å². The highest BCUT2D eigenvalue weighted by Gasteiger charge is 2.22. The van der Waals surface area contributed by atoms with Gasteiger partial charge in [0.25, 0.3) is 5.91 Å². The second-order valence-electron chi connectivity index (χ2n) is 7.99. The van der Waals surface area contributed by atoms with Gasteiger partial charge in [0.2, 0.25) is 0 Å². The molecule has 1 amide bonds. The van der Waals surface area contributed by atoms with Crippen molar-refractivity contribution in [3.05, 3.63) is 86.7 Å². The van der Waals surface area contributed by atoms with Crippen LogP contribution in [0, 0.1) is 13.8 Å². The van der Waals surface area contributed by atoms with Crippen molar-refractivity contribution in [1.82, 2.24) is 15.1 Å². The molecular formula is C26H27Cl2N3O4. The minimum atomic E-state index is -1.16. The highest BCUT2D eigenvalue weighted by molar-refractivity contribution is 6.39. The number of nitrogens with one attached hydrogen (secondary N) is 1. The van der Waals surface area contributed by atoms with E-state index in [9.17, 15) is 14.7 Å². The summed E-state index contributed by atoms with van der Waals surface area (Å²) >= 11 is 12.1. The SMILES string of the molecule is COCCc1c(C)nn(-c2ccc(/C=C/CC(NC(=O)c3c(Cl)cccc3Cl)C(=O)O)cc2)c1C. The summed E-state index contributed by atoms with van der Waals surface area (Å²) in [5, 5.41) is 17.0. The number of carboxylic acids is 1. The van der Waals surface area contributed by atoms with Crippen LogP contribution in [0.25, 0.3) is 11.8 Å². The first kappa shape index (κ1) is 26.5. The van der Waals surface area contributed by atoms with Gasteiger partial charge >= 0.3 is 5.97 Å². The molecule has 1 unspecified atom stereocenters. The van der Waals surface area contributed by atoms with Crippen LogP contribution in [0.5, 0.6) is 0 Å². The molecule has 9 heteroatoms. The molecule has 0 saturated carbocycles. The van der Waals surface area contributed by atoms with Crippen molar-refractivity contribution in [3.63, 3.8) is 0 Å². The Morgan fingerprint density at radius 3 is 2.40 bits per heavy atom. The molecule has 1 heterocycles. The van der Waals surface area contributed by atoms with Gasteiger partial charge in [-0.15, -0.1) is 0 Å². The standard InChI is InChI=1S/C26H27Cl2N3O4/c1-16-20(14-15-35-3)17(2)31(30-16)19-12-10-18(11-13-19)6-4-9-23(26(33)34)29-25(32)24-21(27)7-5-8-22(24)28/h4-8,10-13,23H,9,14-15H2,1-3H3,(H,29,32)(H,33,34)/b6-4+. The quantitative estimate of drug-likeness (QED) is 0.383. The number of aromatic nitrogens is 2. The van der Waals surface area contributed by atoms with Crippen LogP contribution in [-0.2, 0) is 16.0 Å². The Hall–Kier alpha value is -3.13. The second-order valence-corrected chi connectivity index (χ2v) is 8.81. The van der Waals surface area contributed by atoms with Crippen molar-refractivity contribution >= 4 is 41.2 Å². The number of carbonyl (C=O) groups excluding carboxylic acids is 1. The Kier molecular flexibility index (Phi) is 9.09. The normalized spacial score (nSPS) is 12.1. The predicted molar refractivity (Wildman–Crippen MR) is 138 cm³/mol. The molecule has 0 aliphatic rings. The van der Waals surface area contributed by atoms with Crippen LogP contribution < -0.4 is 5.32 Å². The number of carbonyl (C=O) groups is 2. The van der Waals surface area contributed by atoms with Crippen molar-refractivity contribution in [1.29, 1.82) is 0 Å².